The van der Waals surface area contributed by atoms with Crippen molar-refractivity contribution in [2.45, 2.75) is 6.18 Å². The molecule has 0 bridgehead atoms. The summed E-state index contributed by atoms with van der Waals surface area (Å²) in [6, 6.07) is 3.06. The standard InChI is InChI=1S/C19H15F3N6O3/c1-26-11-5-4-9(19(20,21)22)8-10(11)23-15(26)12(29)6-7-13-24-16-14(27(13)2)17(30)25-18(31)28(16)3/h4-8H,1-3H3,(H,25,30,31). The van der Waals surface area contributed by atoms with Crippen LogP contribution in [-0.4, -0.2) is 34.4 Å². The zero-order valence-electron chi connectivity index (χ0n) is 16.5. The summed E-state index contributed by atoms with van der Waals surface area (Å²) in [6.07, 6.45) is -2.03. The number of rotatable bonds is 3. The number of imidazole rings is 2. The van der Waals surface area contributed by atoms with Gasteiger partial charge in [0.25, 0.3) is 5.56 Å². The molecule has 160 valence electrons. The maximum atomic E-state index is 12.9. The molecule has 1 aromatic carbocycles. The molecular formula is C19H15F3N6O3. The minimum Gasteiger partial charge on any atom is -0.324 e. The van der Waals surface area contributed by atoms with E-state index in [0.29, 0.717) is 5.52 Å². The van der Waals surface area contributed by atoms with Crippen molar-refractivity contribution in [1.82, 2.24) is 28.7 Å². The number of nitrogens with zero attached hydrogens (tertiary/aromatic N) is 5. The Hall–Kier alpha value is -3.96. The van der Waals surface area contributed by atoms with Gasteiger partial charge in [0.05, 0.1) is 16.6 Å². The number of carbonyl (C=O) groups is 1. The van der Waals surface area contributed by atoms with Crippen LogP contribution < -0.4 is 11.2 Å². The van der Waals surface area contributed by atoms with Crippen LogP contribution in [0, 0.1) is 0 Å². The zero-order chi connectivity index (χ0) is 22.7. The number of fused-ring (bicyclic) bond motifs is 2. The highest BCUT2D eigenvalue weighted by Gasteiger charge is 2.31. The van der Waals surface area contributed by atoms with Crippen LogP contribution in [-0.2, 0) is 27.3 Å². The van der Waals surface area contributed by atoms with Gasteiger partial charge in [-0.15, -0.1) is 0 Å². The van der Waals surface area contributed by atoms with Crippen LogP contribution in [0.5, 0.6) is 0 Å². The highest BCUT2D eigenvalue weighted by atomic mass is 19.4. The molecule has 0 spiro atoms. The molecule has 3 aromatic heterocycles. The topological polar surface area (TPSA) is 108 Å². The number of allylic oxidation sites excluding steroid dienone is 1. The van der Waals surface area contributed by atoms with Gasteiger partial charge in [-0.25, -0.2) is 14.8 Å². The minimum absolute atomic E-state index is 0.0401. The smallest absolute Gasteiger partial charge is 0.324 e. The quantitative estimate of drug-likeness (QED) is 0.392. The van der Waals surface area contributed by atoms with E-state index in [1.54, 1.807) is 7.05 Å². The van der Waals surface area contributed by atoms with Crippen molar-refractivity contribution in [2.75, 3.05) is 0 Å². The summed E-state index contributed by atoms with van der Waals surface area (Å²) in [6.45, 7) is 0. The first-order valence-electron chi connectivity index (χ1n) is 8.91. The van der Waals surface area contributed by atoms with Gasteiger partial charge in [0.1, 0.15) is 5.82 Å². The van der Waals surface area contributed by atoms with Crippen LogP contribution in [0.15, 0.2) is 33.9 Å². The van der Waals surface area contributed by atoms with E-state index in [-0.39, 0.29) is 28.3 Å². The van der Waals surface area contributed by atoms with E-state index in [4.69, 9.17) is 0 Å². The number of ketones is 1. The number of carbonyl (C=O) groups excluding carboxylic acids is 1. The van der Waals surface area contributed by atoms with Gasteiger partial charge < -0.3 is 9.13 Å². The van der Waals surface area contributed by atoms with Crippen LogP contribution in [0.2, 0.25) is 0 Å². The number of aromatic amines is 1. The molecule has 1 N–H and O–H groups in total. The zero-order valence-corrected chi connectivity index (χ0v) is 16.5. The number of alkyl halides is 3. The second kappa shape index (κ2) is 6.79. The number of nitrogens with one attached hydrogen (secondary N) is 1. The SMILES string of the molecule is Cn1c(C(=O)C=Cc2nc3c(c(=O)[nH]c(=O)n3C)n2C)nc2cc(C(F)(F)F)ccc21. The third kappa shape index (κ3) is 3.25. The first-order chi connectivity index (χ1) is 14.5. The molecule has 0 amide bonds. The van der Waals surface area contributed by atoms with Crippen LogP contribution >= 0.6 is 0 Å². The second-order valence-electron chi connectivity index (χ2n) is 6.91. The third-order valence-electron chi connectivity index (χ3n) is 4.98. The Kier molecular flexibility index (Phi) is 4.45. The molecule has 4 rings (SSSR count). The molecule has 0 aliphatic rings. The predicted octanol–water partition coefficient (Wildman–Crippen LogP) is 1.76. The van der Waals surface area contributed by atoms with E-state index >= 15 is 0 Å². The first kappa shape index (κ1) is 20.3. The van der Waals surface area contributed by atoms with Crippen LogP contribution in [0.25, 0.3) is 28.3 Å². The largest absolute Gasteiger partial charge is 0.416 e. The molecule has 0 saturated carbocycles. The van der Waals surface area contributed by atoms with Gasteiger partial charge >= 0.3 is 11.9 Å². The average Bonchev–Trinajstić information content (AvgIpc) is 3.21. The lowest BCUT2D eigenvalue weighted by atomic mass is 10.2. The molecule has 0 fully saturated rings. The first-order valence-corrected chi connectivity index (χ1v) is 8.91. The maximum absolute atomic E-state index is 12.9. The van der Waals surface area contributed by atoms with E-state index in [9.17, 15) is 27.6 Å². The van der Waals surface area contributed by atoms with E-state index < -0.39 is 28.8 Å². The Bertz CT molecular complexity index is 1520. The molecule has 0 saturated heterocycles. The van der Waals surface area contributed by atoms with Crippen molar-refractivity contribution >= 4 is 34.1 Å². The van der Waals surface area contributed by atoms with Crippen molar-refractivity contribution in [3.63, 3.8) is 0 Å². The lowest BCUT2D eigenvalue weighted by Gasteiger charge is -2.05. The van der Waals surface area contributed by atoms with Gasteiger partial charge in [0, 0.05) is 21.1 Å². The number of halogens is 3. The fraction of sp³-hybridized carbons (Fsp3) is 0.211. The van der Waals surface area contributed by atoms with Gasteiger partial charge in [-0.05, 0) is 30.4 Å². The van der Waals surface area contributed by atoms with E-state index in [1.807, 2.05) is 0 Å². The molecule has 3 heterocycles. The van der Waals surface area contributed by atoms with Gasteiger partial charge in [-0.2, -0.15) is 13.2 Å². The number of hydrogen-bond acceptors (Lipinski definition) is 5. The van der Waals surface area contributed by atoms with Crippen LogP contribution in [0.3, 0.4) is 0 Å². The average molecular weight is 432 g/mol. The summed E-state index contributed by atoms with van der Waals surface area (Å²) in [5.41, 5.74) is -1.40. The number of H-pyrrole nitrogens is 1. The molecule has 0 radical (unpaired) electrons. The minimum atomic E-state index is -4.52. The lowest BCUT2D eigenvalue weighted by molar-refractivity contribution is -0.137. The molecule has 0 aliphatic carbocycles. The maximum Gasteiger partial charge on any atom is 0.416 e. The number of aromatic nitrogens is 6. The molecular weight excluding hydrogens is 417 g/mol. The summed E-state index contributed by atoms with van der Waals surface area (Å²) in [7, 11) is 4.52. The Labute approximate surface area is 171 Å². The van der Waals surface area contributed by atoms with E-state index in [0.717, 1.165) is 18.2 Å². The van der Waals surface area contributed by atoms with Crippen molar-refractivity contribution in [3.8, 4) is 0 Å². The Balaban J connectivity index is 1.74. The molecule has 0 aliphatic heterocycles. The van der Waals surface area contributed by atoms with Gasteiger partial charge in [-0.3, -0.25) is 19.1 Å². The van der Waals surface area contributed by atoms with Crippen molar-refractivity contribution in [2.24, 2.45) is 21.1 Å². The lowest BCUT2D eigenvalue weighted by Crippen LogP contribution is -2.29. The highest BCUT2D eigenvalue weighted by Crippen LogP contribution is 2.31. The summed E-state index contributed by atoms with van der Waals surface area (Å²) in [4.78, 5) is 46.9. The van der Waals surface area contributed by atoms with Crippen LogP contribution in [0.1, 0.15) is 22.0 Å². The Morgan fingerprint density at radius 3 is 2.45 bits per heavy atom. The summed E-state index contributed by atoms with van der Waals surface area (Å²) in [5.74, 6) is -0.398. The Morgan fingerprint density at radius 1 is 1.06 bits per heavy atom. The second-order valence-corrected chi connectivity index (χ2v) is 6.91. The summed E-state index contributed by atoms with van der Waals surface area (Å²) >= 11 is 0. The van der Waals surface area contributed by atoms with E-state index in [1.165, 1.54) is 39.9 Å². The van der Waals surface area contributed by atoms with Gasteiger partial charge in [-0.1, -0.05) is 0 Å². The fourth-order valence-corrected chi connectivity index (χ4v) is 3.30. The summed E-state index contributed by atoms with van der Waals surface area (Å²) in [5, 5.41) is 0. The van der Waals surface area contributed by atoms with Crippen molar-refractivity contribution < 1.29 is 18.0 Å². The molecule has 0 atom stereocenters. The van der Waals surface area contributed by atoms with E-state index in [2.05, 4.69) is 15.0 Å². The van der Waals surface area contributed by atoms with Gasteiger partial charge in [0.15, 0.2) is 17.0 Å². The van der Waals surface area contributed by atoms with Crippen molar-refractivity contribution in [1.29, 1.82) is 0 Å². The third-order valence-corrected chi connectivity index (χ3v) is 4.98. The predicted molar refractivity (Wildman–Crippen MR) is 106 cm³/mol. The Morgan fingerprint density at radius 2 is 1.77 bits per heavy atom. The fourth-order valence-electron chi connectivity index (χ4n) is 3.30. The number of aryl methyl sites for hydroxylation is 3. The molecule has 4 aromatic rings. The molecule has 12 heteroatoms. The summed E-state index contributed by atoms with van der Waals surface area (Å²) < 4.78 is 42.8. The monoisotopic (exact) mass is 432 g/mol. The number of hydrogen-bond donors (Lipinski definition) is 1. The van der Waals surface area contributed by atoms with Crippen LogP contribution in [0.4, 0.5) is 13.2 Å². The molecule has 0 unspecified atom stereocenters. The van der Waals surface area contributed by atoms with Gasteiger partial charge in [0.2, 0.25) is 5.78 Å². The van der Waals surface area contributed by atoms with Crippen molar-refractivity contribution in [3.05, 3.63) is 62.3 Å². The highest BCUT2D eigenvalue weighted by molar-refractivity contribution is 6.06. The normalized spacial score (nSPS) is 12.5. The number of benzene rings is 1. The molecule has 9 nitrogen and oxygen atoms in total. The molecule has 31 heavy (non-hydrogen) atoms.